The third-order valence-corrected chi connectivity index (χ3v) is 5.98. The first-order valence-corrected chi connectivity index (χ1v) is 11.4. The predicted octanol–water partition coefficient (Wildman–Crippen LogP) is 3.40. The lowest BCUT2D eigenvalue weighted by Crippen LogP contribution is -2.37. The molecule has 0 saturated carbocycles. The maximum Gasteiger partial charge on any atom is 0.232 e. The lowest BCUT2D eigenvalue weighted by atomic mass is 10.2. The molecule has 1 N–H and O–H groups in total. The van der Waals surface area contributed by atoms with Gasteiger partial charge in [0.05, 0.1) is 30.2 Å². The van der Waals surface area contributed by atoms with Gasteiger partial charge >= 0.3 is 0 Å². The highest BCUT2D eigenvalue weighted by atomic mass is 32.2. The number of benzene rings is 2. The molecular weight excluding hydrogens is 424 g/mol. The molecule has 8 nitrogen and oxygen atoms in total. The van der Waals surface area contributed by atoms with Crippen molar-refractivity contribution in [3.8, 4) is 11.8 Å². The van der Waals surface area contributed by atoms with Gasteiger partial charge in [-0.05, 0) is 36.8 Å². The van der Waals surface area contributed by atoms with Crippen LogP contribution in [0.1, 0.15) is 17.5 Å². The van der Waals surface area contributed by atoms with Gasteiger partial charge in [-0.2, -0.15) is 5.26 Å². The van der Waals surface area contributed by atoms with Crippen molar-refractivity contribution in [1.82, 2.24) is 14.8 Å². The normalized spacial score (nSPS) is 13.6. The molecule has 1 amide bonds. The molecule has 9 heteroatoms. The first-order chi connectivity index (χ1) is 15.7. The van der Waals surface area contributed by atoms with Crippen LogP contribution in [0, 0.1) is 18.3 Å². The fourth-order valence-corrected chi connectivity index (χ4v) is 4.34. The van der Waals surface area contributed by atoms with E-state index in [-0.39, 0.29) is 12.3 Å². The fourth-order valence-electron chi connectivity index (χ4n) is 3.45. The topological polar surface area (TPSA) is 96.1 Å². The maximum atomic E-state index is 12.4. The minimum Gasteiger partial charge on any atom is -0.378 e. The number of morpholine rings is 1. The number of ether oxygens (including phenoxy) is 1. The van der Waals surface area contributed by atoms with E-state index in [0.29, 0.717) is 30.2 Å². The Labute approximate surface area is 191 Å². The summed E-state index contributed by atoms with van der Waals surface area (Å²) >= 11 is 1.49. The standard InChI is InChI=1S/C23H24N6O2S/c1-17-5-4-7-19(15-17)29-22(28-10-12-31-13-11-28)26-27-23(29)32-14-9-21(30)25-20-8-3-2-6-18(20)16-24/h2-8,15H,9-14H2,1H3,(H,25,30). The Morgan fingerprint density at radius 3 is 2.78 bits per heavy atom. The Hall–Kier alpha value is -3.35. The molecule has 164 valence electrons. The van der Waals surface area contributed by atoms with Gasteiger partial charge in [0.2, 0.25) is 11.9 Å². The van der Waals surface area contributed by atoms with Crippen LogP contribution >= 0.6 is 11.8 Å². The molecule has 1 aromatic heterocycles. The number of aryl methyl sites for hydroxylation is 1. The van der Waals surface area contributed by atoms with Crippen LogP contribution in [0.5, 0.6) is 0 Å². The number of thioether (sulfide) groups is 1. The summed E-state index contributed by atoms with van der Waals surface area (Å²) in [7, 11) is 0. The second-order valence-electron chi connectivity index (χ2n) is 7.36. The average Bonchev–Trinajstić information content (AvgIpc) is 3.24. The number of nitriles is 1. The highest BCUT2D eigenvalue weighted by Crippen LogP contribution is 2.28. The van der Waals surface area contributed by atoms with Crippen molar-refractivity contribution < 1.29 is 9.53 Å². The summed E-state index contributed by atoms with van der Waals surface area (Å²) in [5.74, 6) is 1.18. The molecule has 0 atom stereocenters. The van der Waals surface area contributed by atoms with Gasteiger partial charge in [0.25, 0.3) is 0 Å². The summed E-state index contributed by atoms with van der Waals surface area (Å²) in [6.07, 6.45) is 0.290. The van der Waals surface area contributed by atoms with E-state index in [2.05, 4.69) is 45.5 Å². The van der Waals surface area contributed by atoms with Crippen molar-refractivity contribution in [2.45, 2.75) is 18.5 Å². The summed E-state index contributed by atoms with van der Waals surface area (Å²) < 4.78 is 7.53. The Morgan fingerprint density at radius 1 is 1.19 bits per heavy atom. The molecule has 1 fully saturated rings. The second kappa shape index (κ2) is 10.3. The molecule has 1 aliphatic heterocycles. The van der Waals surface area contributed by atoms with Gasteiger partial charge in [-0.3, -0.25) is 9.36 Å². The van der Waals surface area contributed by atoms with Crippen molar-refractivity contribution in [3.63, 3.8) is 0 Å². The monoisotopic (exact) mass is 448 g/mol. The van der Waals surface area contributed by atoms with Gasteiger partial charge in [-0.25, -0.2) is 0 Å². The van der Waals surface area contributed by atoms with Crippen LogP contribution < -0.4 is 10.2 Å². The fraction of sp³-hybridized carbons (Fsp3) is 0.304. The van der Waals surface area contributed by atoms with Crippen LogP contribution in [0.15, 0.2) is 53.7 Å². The highest BCUT2D eigenvalue weighted by molar-refractivity contribution is 7.99. The Morgan fingerprint density at radius 2 is 2.00 bits per heavy atom. The maximum absolute atomic E-state index is 12.4. The van der Waals surface area contributed by atoms with E-state index >= 15 is 0 Å². The number of anilines is 2. The molecule has 3 aromatic rings. The number of para-hydroxylation sites is 1. The summed E-state index contributed by atoms with van der Waals surface area (Å²) in [5, 5.41) is 21.6. The van der Waals surface area contributed by atoms with Gasteiger partial charge < -0.3 is 15.0 Å². The average molecular weight is 449 g/mol. The first-order valence-electron chi connectivity index (χ1n) is 10.4. The smallest absolute Gasteiger partial charge is 0.232 e. The molecule has 1 aliphatic rings. The van der Waals surface area contributed by atoms with Crippen LogP contribution in [0.25, 0.3) is 5.69 Å². The van der Waals surface area contributed by atoms with Gasteiger partial charge in [0, 0.05) is 25.3 Å². The Balaban J connectivity index is 1.48. The molecule has 0 bridgehead atoms. The van der Waals surface area contributed by atoms with E-state index in [4.69, 9.17) is 4.74 Å². The van der Waals surface area contributed by atoms with Crippen molar-refractivity contribution in [2.75, 3.05) is 42.3 Å². The van der Waals surface area contributed by atoms with Gasteiger partial charge in [-0.1, -0.05) is 36.0 Å². The highest BCUT2D eigenvalue weighted by Gasteiger charge is 2.22. The molecule has 0 unspecified atom stereocenters. The van der Waals surface area contributed by atoms with E-state index in [1.165, 1.54) is 11.8 Å². The largest absolute Gasteiger partial charge is 0.378 e. The number of amides is 1. The molecule has 0 spiro atoms. The van der Waals surface area contributed by atoms with Crippen LogP contribution in [0.3, 0.4) is 0 Å². The Bertz CT molecular complexity index is 1130. The molecule has 4 rings (SSSR count). The zero-order chi connectivity index (χ0) is 22.3. The molecule has 1 saturated heterocycles. The summed E-state index contributed by atoms with van der Waals surface area (Å²) in [6.45, 7) is 4.89. The predicted molar refractivity (Wildman–Crippen MR) is 124 cm³/mol. The molecular formula is C23H24N6O2S. The molecule has 2 aromatic carbocycles. The van der Waals surface area contributed by atoms with Gasteiger partial charge in [0.15, 0.2) is 5.16 Å². The Kier molecular flexibility index (Phi) is 7.04. The van der Waals surface area contributed by atoms with Crippen molar-refractivity contribution in [2.24, 2.45) is 0 Å². The minimum absolute atomic E-state index is 0.143. The third kappa shape index (κ3) is 5.10. The van der Waals surface area contributed by atoms with E-state index in [9.17, 15) is 10.1 Å². The number of nitrogens with one attached hydrogen (secondary N) is 1. The number of carbonyl (C=O) groups excluding carboxylic acids is 1. The number of aromatic nitrogens is 3. The van der Waals surface area contributed by atoms with E-state index in [1.807, 2.05) is 16.7 Å². The summed E-state index contributed by atoms with van der Waals surface area (Å²) in [6, 6.07) is 17.3. The number of rotatable bonds is 7. The van der Waals surface area contributed by atoms with Crippen molar-refractivity contribution in [1.29, 1.82) is 5.26 Å². The number of hydrogen-bond donors (Lipinski definition) is 1. The number of carbonyl (C=O) groups is 1. The van der Waals surface area contributed by atoms with E-state index in [1.54, 1.807) is 24.3 Å². The zero-order valence-corrected chi connectivity index (χ0v) is 18.6. The van der Waals surface area contributed by atoms with Gasteiger partial charge in [-0.15, -0.1) is 10.2 Å². The van der Waals surface area contributed by atoms with Crippen LogP contribution in [-0.4, -0.2) is 52.7 Å². The van der Waals surface area contributed by atoms with E-state index < -0.39 is 0 Å². The molecule has 2 heterocycles. The van der Waals surface area contributed by atoms with Gasteiger partial charge in [0.1, 0.15) is 6.07 Å². The second-order valence-corrected chi connectivity index (χ2v) is 8.42. The summed E-state index contributed by atoms with van der Waals surface area (Å²) in [5.41, 5.74) is 3.12. The quantitative estimate of drug-likeness (QED) is 0.553. The summed E-state index contributed by atoms with van der Waals surface area (Å²) in [4.78, 5) is 14.6. The SMILES string of the molecule is Cc1cccc(-n2c(SCCC(=O)Nc3ccccc3C#N)nnc2N2CCOCC2)c1. The molecule has 0 aliphatic carbocycles. The van der Waals surface area contributed by atoms with Crippen LogP contribution in [0.4, 0.5) is 11.6 Å². The molecule has 32 heavy (non-hydrogen) atoms. The third-order valence-electron chi connectivity index (χ3n) is 5.05. The van der Waals surface area contributed by atoms with Crippen molar-refractivity contribution in [3.05, 3.63) is 59.7 Å². The lowest BCUT2D eigenvalue weighted by Gasteiger charge is -2.28. The lowest BCUT2D eigenvalue weighted by molar-refractivity contribution is -0.115. The first kappa shape index (κ1) is 21.9. The van der Waals surface area contributed by atoms with E-state index in [0.717, 1.165) is 35.4 Å². The van der Waals surface area contributed by atoms with Crippen molar-refractivity contribution >= 4 is 29.3 Å². The number of nitrogens with zero attached hydrogens (tertiary/aromatic N) is 5. The zero-order valence-electron chi connectivity index (χ0n) is 17.8. The molecule has 0 radical (unpaired) electrons. The van der Waals surface area contributed by atoms with Crippen LogP contribution in [0.2, 0.25) is 0 Å². The number of hydrogen-bond acceptors (Lipinski definition) is 7. The van der Waals surface area contributed by atoms with Crippen LogP contribution in [-0.2, 0) is 9.53 Å². The minimum atomic E-state index is -0.143.